The molecule has 26 heavy (non-hydrogen) atoms. The first-order chi connectivity index (χ1) is 12.5. The van der Waals surface area contributed by atoms with Crippen molar-refractivity contribution in [3.63, 3.8) is 0 Å². The smallest absolute Gasteiger partial charge is 0.387 e. The van der Waals surface area contributed by atoms with Gasteiger partial charge in [0.15, 0.2) is 0 Å². The zero-order valence-corrected chi connectivity index (χ0v) is 15.0. The number of hydrogen-bond acceptors (Lipinski definition) is 3. The lowest BCUT2D eigenvalue weighted by Crippen LogP contribution is -2.16. The van der Waals surface area contributed by atoms with Crippen LogP contribution < -0.4 is 10.1 Å². The van der Waals surface area contributed by atoms with Gasteiger partial charge in [-0.1, -0.05) is 28.1 Å². The molecule has 0 aliphatic rings. The molecule has 3 rings (SSSR count). The van der Waals surface area contributed by atoms with E-state index in [0.29, 0.717) is 17.9 Å². The number of hydrogen-bond donors (Lipinski definition) is 1. The average molecular weight is 422 g/mol. The van der Waals surface area contributed by atoms with E-state index in [1.165, 1.54) is 24.3 Å². The van der Waals surface area contributed by atoms with Crippen LogP contribution in [-0.4, -0.2) is 22.3 Å². The molecule has 134 valence electrons. The third kappa shape index (κ3) is 4.66. The molecule has 0 aliphatic heterocycles. The number of anilines is 1. The summed E-state index contributed by atoms with van der Waals surface area (Å²) in [6.07, 6.45) is 1.59. The number of carbonyl (C=O) groups excluding carboxylic acids is 1. The third-order valence-corrected chi connectivity index (χ3v) is 4.07. The zero-order chi connectivity index (χ0) is 18.5. The molecule has 0 spiro atoms. The van der Waals surface area contributed by atoms with E-state index in [-0.39, 0.29) is 11.7 Å². The number of aromatic nitrogens is 2. The maximum atomic E-state index is 12.3. The fraction of sp³-hybridized carbons (Fsp3) is 0.111. The molecule has 0 unspecified atom stereocenters. The molecule has 0 atom stereocenters. The summed E-state index contributed by atoms with van der Waals surface area (Å²) >= 11 is 3.38. The van der Waals surface area contributed by atoms with Gasteiger partial charge >= 0.3 is 6.61 Å². The summed E-state index contributed by atoms with van der Waals surface area (Å²) in [5.74, 6) is 0.161. The number of rotatable bonds is 6. The van der Waals surface area contributed by atoms with E-state index in [2.05, 4.69) is 31.1 Å². The number of ether oxygens (including phenoxy) is 1. The van der Waals surface area contributed by atoms with Crippen LogP contribution >= 0.6 is 15.9 Å². The maximum absolute atomic E-state index is 12.3. The van der Waals surface area contributed by atoms with Crippen LogP contribution in [0.5, 0.6) is 5.75 Å². The topological polar surface area (TPSA) is 56.2 Å². The monoisotopic (exact) mass is 421 g/mol. The van der Waals surface area contributed by atoms with Crippen LogP contribution in [0.3, 0.4) is 0 Å². The minimum Gasteiger partial charge on any atom is -0.435 e. The number of alkyl halides is 2. The summed E-state index contributed by atoms with van der Waals surface area (Å²) in [5, 5.41) is 6.98. The van der Waals surface area contributed by atoms with Crippen molar-refractivity contribution in [3.05, 3.63) is 76.4 Å². The van der Waals surface area contributed by atoms with E-state index < -0.39 is 6.61 Å². The van der Waals surface area contributed by atoms with Gasteiger partial charge < -0.3 is 10.1 Å². The molecule has 1 amide bonds. The maximum Gasteiger partial charge on any atom is 0.387 e. The molecule has 0 fully saturated rings. The quantitative estimate of drug-likeness (QED) is 0.635. The molecule has 0 saturated carbocycles. The fourth-order valence-corrected chi connectivity index (χ4v) is 2.57. The molecule has 8 heteroatoms. The van der Waals surface area contributed by atoms with Crippen molar-refractivity contribution in [2.24, 2.45) is 0 Å². The molecule has 5 nitrogen and oxygen atoms in total. The first kappa shape index (κ1) is 18.1. The molecule has 0 bridgehead atoms. The van der Waals surface area contributed by atoms with Crippen LogP contribution in [0.2, 0.25) is 0 Å². The van der Waals surface area contributed by atoms with Crippen molar-refractivity contribution in [1.82, 2.24) is 9.78 Å². The molecule has 0 radical (unpaired) electrons. The lowest BCUT2D eigenvalue weighted by molar-refractivity contribution is -0.0498. The van der Waals surface area contributed by atoms with Crippen LogP contribution in [0.15, 0.2) is 65.3 Å². The molecule has 2 aromatic carbocycles. The molecule has 0 aliphatic carbocycles. The Morgan fingerprint density at radius 2 is 1.81 bits per heavy atom. The Labute approximate surface area is 156 Å². The number of halogens is 3. The lowest BCUT2D eigenvalue weighted by atomic mass is 10.2. The Morgan fingerprint density at radius 3 is 2.46 bits per heavy atom. The standard InChI is InChI=1S/C18H14BrF2N3O2/c19-14-5-1-12(2-6-14)11-24-16(9-10-22-24)23-17(25)13-3-7-15(8-4-13)26-18(20)21/h1-10,18H,11H2,(H,23,25). The third-order valence-electron chi connectivity index (χ3n) is 3.55. The fourth-order valence-electron chi connectivity index (χ4n) is 2.30. The Hall–Kier alpha value is -2.74. The Kier molecular flexibility index (Phi) is 5.62. The van der Waals surface area contributed by atoms with E-state index in [4.69, 9.17) is 0 Å². The zero-order valence-electron chi connectivity index (χ0n) is 13.4. The van der Waals surface area contributed by atoms with Crippen molar-refractivity contribution in [2.45, 2.75) is 13.2 Å². The highest BCUT2D eigenvalue weighted by molar-refractivity contribution is 9.10. The molecule has 0 saturated heterocycles. The Bertz CT molecular complexity index is 880. The van der Waals surface area contributed by atoms with E-state index in [1.54, 1.807) is 16.9 Å². The SMILES string of the molecule is O=C(Nc1ccnn1Cc1ccc(Br)cc1)c1ccc(OC(F)F)cc1. The average Bonchev–Trinajstić information content (AvgIpc) is 3.04. The van der Waals surface area contributed by atoms with Crippen LogP contribution in [-0.2, 0) is 6.54 Å². The Morgan fingerprint density at radius 1 is 1.12 bits per heavy atom. The van der Waals surface area contributed by atoms with Gasteiger partial charge in [-0.2, -0.15) is 13.9 Å². The van der Waals surface area contributed by atoms with E-state index in [9.17, 15) is 13.6 Å². The van der Waals surface area contributed by atoms with E-state index in [0.717, 1.165) is 10.0 Å². The van der Waals surface area contributed by atoms with Gasteiger partial charge in [-0.05, 0) is 42.0 Å². The molecule has 1 heterocycles. The van der Waals surface area contributed by atoms with Crippen molar-refractivity contribution in [3.8, 4) is 5.75 Å². The normalized spacial score (nSPS) is 10.8. The number of benzene rings is 2. The number of nitrogens with zero attached hydrogens (tertiary/aromatic N) is 2. The summed E-state index contributed by atoms with van der Waals surface area (Å²) in [5.41, 5.74) is 1.35. The van der Waals surface area contributed by atoms with Crippen molar-refractivity contribution in [2.75, 3.05) is 5.32 Å². The first-order valence-corrected chi connectivity index (χ1v) is 8.43. The highest BCUT2D eigenvalue weighted by Crippen LogP contribution is 2.17. The molecule has 1 aromatic heterocycles. The van der Waals surface area contributed by atoms with Crippen LogP contribution in [0, 0.1) is 0 Å². The summed E-state index contributed by atoms with van der Waals surface area (Å²) < 4.78 is 31.2. The van der Waals surface area contributed by atoms with Gasteiger partial charge in [0, 0.05) is 16.1 Å². The summed E-state index contributed by atoms with van der Waals surface area (Å²) in [6, 6.07) is 14.9. The lowest BCUT2D eigenvalue weighted by Gasteiger charge is -2.10. The van der Waals surface area contributed by atoms with Gasteiger partial charge in [0.05, 0.1) is 12.7 Å². The van der Waals surface area contributed by atoms with Crippen LogP contribution in [0.1, 0.15) is 15.9 Å². The van der Waals surface area contributed by atoms with Gasteiger partial charge in [0.2, 0.25) is 0 Å². The Balaban J connectivity index is 1.68. The molecular weight excluding hydrogens is 408 g/mol. The predicted octanol–water partition coefficient (Wildman–Crippen LogP) is 4.55. The second-order valence-corrected chi connectivity index (χ2v) is 6.27. The van der Waals surface area contributed by atoms with E-state index in [1.807, 2.05) is 24.3 Å². The van der Waals surface area contributed by atoms with E-state index >= 15 is 0 Å². The number of carbonyl (C=O) groups is 1. The van der Waals surface area contributed by atoms with Crippen molar-refractivity contribution < 1.29 is 18.3 Å². The second kappa shape index (κ2) is 8.09. The summed E-state index contributed by atoms with van der Waals surface area (Å²) in [6.45, 7) is -2.40. The first-order valence-electron chi connectivity index (χ1n) is 7.64. The summed E-state index contributed by atoms with van der Waals surface area (Å²) in [7, 11) is 0. The van der Waals surface area contributed by atoms with Gasteiger partial charge in [-0.15, -0.1) is 0 Å². The molecule has 3 aromatic rings. The van der Waals surface area contributed by atoms with Gasteiger partial charge in [0.1, 0.15) is 11.6 Å². The molecular formula is C18H14BrF2N3O2. The highest BCUT2D eigenvalue weighted by Gasteiger charge is 2.11. The minimum atomic E-state index is -2.90. The largest absolute Gasteiger partial charge is 0.435 e. The van der Waals surface area contributed by atoms with Crippen molar-refractivity contribution >= 4 is 27.7 Å². The predicted molar refractivity (Wildman–Crippen MR) is 96.5 cm³/mol. The van der Waals surface area contributed by atoms with Gasteiger partial charge in [-0.3, -0.25) is 4.79 Å². The molecule has 1 N–H and O–H groups in total. The number of amides is 1. The highest BCUT2D eigenvalue weighted by atomic mass is 79.9. The van der Waals surface area contributed by atoms with Crippen LogP contribution in [0.4, 0.5) is 14.6 Å². The van der Waals surface area contributed by atoms with Gasteiger partial charge in [-0.25, -0.2) is 4.68 Å². The van der Waals surface area contributed by atoms with Crippen LogP contribution in [0.25, 0.3) is 0 Å². The van der Waals surface area contributed by atoms with Crippen molar-refractivity contribution in [1.29, 1.82) is 0 Å². The van der Waals surface area contributed by atoms with Gasteiger partial charge in [0.25, 0.3) is 5.91 Å². The minimum absolute atomic E-state index is 0.00294. The second-order valence-electron chi connectivity index (χ2n) is 5.36. The number of nitrogens with one attached hydrogen (secondary N) is 1. The summed E-state index contributed by atoms with van der Waals surface area (Å²) in [4.78, 5) is 12.3.